The Balaban J connectivity index is 1.55. The molecular formula is C16H26N2O. The van der Waals surface area contributed by atoms with Gasteiger partial charge in [0.15, 0.2) is 0 Å². The van der Waals surface area contributed by atoms with Gasteiger partial charge in [-0.1, -0.05) is 18.6 Å². The first-order valence-electron chi connectivity index (χ1n) is 7.45. The first-order chi connectivity index (χ1) is 9.38. The van der Waals surface area contributed by atoms with Gasteiger partial charge in [-0.2, -0.15) is 0 Å². The molecule has 1 aromatic rings. The molecule has 1 fully saturated rings. The highest BCUT2D eigenvalue weighted by molar-refractivity contribution is 5.27. The Morgan fingerprint density at radius 3 is 2.74 bits per heavy atom. The minimum atomic E-state index is 0.738. The summed E-state index contributed by atoms with van der Waals surface area (Å²) in [6.45, 7) is 3.38. The molecule has 1 unspecified atom stereocenters. The summed E-state index contributed by atoms with van der Waals surface area (Å²) in [5.41, 5.74) is 1.36. The second-order valence-electron chi connectivity index (χ2n) is 5.28. The van der Waals surface area contributed by atoms with Crippen molar-refractivity contribution in [2.45, 2.75) is 38.1 Å². The molecule has 0 radical (unpaired) electrons. The largest absolute Gasteiger partial charge is 0.497 e. The van der Waals surface area contributed by atoms with E-state index in [1.54, 1.807) is 7.11 Å². The summed E-state index contributed by atoms with van der Waals surface area (Å²) in [5, 5.41) is 7.12. The van der Waals surface area contributed by atoms with Crippen LogP contribution >= 0.6 is 0 Å². The SMILES string of the molecule is COc1ccc(CCNCCC2CCCCN2)cc1. The van der Waals surface area contributed by atoms with Gasteiger partial charge >= 0.3 is 0 Å². The van der Waals surface area contributed by atoms with E-state index in [2.05, 4.69) is 22.8 Å². The monoisotopic (exact) mass is 262 g/mol. The number of hydrogen-bond donors (Lipinski definition) is 2. The topological polar surface area (TPSA) is 33.3 Å². The van der Waals surface area contributed by atoms with Gasteiger partial charge < -0.3 is 15.4 Å². The summed E-state index contributed by atoms with van der Waals surface area (Å²) in [4.78, 5) is 0. The average Bonchev–Trinajstić information content (AvgIpc) is 2.49. The Bertz CT molecular complexity index is 344. The van der Waals surface area contributed by atoms with E-state index < -0.39 is 0 Å². The molecule has 1 saturated heterocycles. The van der Waals surface area contributed by atoms with Gasteiger partial charge in [0.25, 0.3) is 0 Å². The summed E-state index contributed by atoms with van der Waals surface area (Å²) in [5.74, 6) is 0.931. The lowest BCUT2D eigenvalue weighted by atomic mass is 10.0. The van der Waals surface area contributed by atoms with Crippen molar-refractivity contribution in [1.29, 1.82) is 0 Å². The quantitative estimate of drug-likeness (QED) is 0.740. The van der Waals surface area contributed by atoms with E-state index in [0.717, 1.165) is 31.3 Å². The summed E-state index contributed by atoms with van der Waals surface area (Å²) in [6, 6.07) is 9.08. The molecule has 2 rings (SSSR count). The molecule has 1 aliphatic rings. The van der Waals surface area contributed by atoms with Crippen LogP contribution in [-0.2, 0) is 6.42 Å². The van der Waals surface area contributed by atoms with Crippen molar-refractivity contribution in [2.75, 3.05) is 26.7 Å². The zero-order chi connectivity index (χ0) is 13.3. The van der Waals surface area contributed by atoms with E-state index in [4.69, 9.17) is 4.74 Å². The zero-order valence-electron chi connectivity index (χ0n) is 12.0. The lowest BCUT2D eigenvalue weighted by molar-refractivity contribution is 0.377. The molecule has 2 N–H and O–H groups in total. The molecule has 0 saturated carbocycles. The van der Waals surface area contributed by atoms with Gasteiger partial charge in [-0.15, -0.1) is 0 Å². The minimum absolute atomic E-state index is 0.738. The van der Waals surface area contributed by atoms with Gasteiger partial charge in [-0.25, -0.2) is 0 Å². The Kier molecular flexibility index (Phi) is 6.18. The van der Waals surface area contributed by atoms with E-state index in [0.29, 0.717) is 0 Å². The molecule has 3 nitrogen and oxygen atoms in total. The molecule has 106 valence electrons. The molecule has 0 amide bonds. The second kappa shape index (κ2) is 8.18. The number of rotatable bonds is 7. The number of benzene rings is 1. The summed E-state index contributed by atoms with van der Waals surface area (Å²) in [7, 11) is 1.70. The number of nitrogens with one attached hydrogen (secondary N) is 2. The predicted octanol–water partition coefficient (Wildman–Crippen LogP) is 2.36. The Hall–Kier alpha value is -1.06. The molecule has 1 heterocycles. The molecule has 19 heavy (non-hydrogen) atoms. The number of piperidine rings is 1. The van der Waals surface area contributed by atoms with Crippen molar-refractivity contribution < 1.29 is 4.74 Å². The van der Waals surface area contributed by atoms with Crippen molar-refractivity contribution in [1.82, 2.24) is 10.6 Å². The molecule has 0 aliphatic carbocycles. The number of hydrogen-bond acceptors (Lipinski definition) is 3. The molecule has 1 aromatic carbocycles. The smallest absolute Gasteiger partial charge is 0.118 e. The van der Waals surface area contributed by atoms with Crippen LogP contribution in [0.4, 0.5) is 0 Å². The van der Waals surface area contributed by atoms with E-state index in [1.165, 1.54) is 37.8 Å². The molecule has 1 atom stereocenters. The lowest BCUT2D eigenvalue weighted by Gasteiger charge is -2.23. The minimum Gasteiger partial charge on any atom is -0.497 e. The highest BCUT2D eigenvalue weighted by Gasteiger charge is 2.11. The predicted molar refractivity (Wildman–Crippen MR) is 79.8 cm³/mol. The number of methoxy groups -OCH3 is 1. The molecule has 0 bridgehead atoms. The van der Waals surface area contributed by atoms with Crippen molar-refractivity contribution in [2.24, 2.45) is 0 Å². The summed E-state index contributed by atoms with van der Waals surface area (Å²) >= 11 is 0. The van der Waals surface area contributed by atoms with Gasteiger partial charge in [0.2, 0.25) is 0 Å². The maximum absolute atomic E-state index is 5.16. The molecule has 0 spiro atoms. The van der Waals surface area contributed by atoms with E-state index >= 15 is 0 Å². The highest BCUT2D eigenvalue weighted by atomic mass is 16.5. The second-order valence-corrected chi connectivity index (χ2v) is 5.28. The van der Waals surface area contributed by atoms with Crippen LogP contribution in [0.1, 0.15) is 31.2 Å². The molecule has 1 aliphatic heterocycles. The summed E-state index contributed by atoms with van der Waals surface area (Å²) < 4.78 is 5.16. The number of ether oxygens (including phenoxy) is 1. The normalized spacial score (nSPS) is 19.3. The van der Waals surface area contributed by atoms with E-state index in [9.17, 15) is 0 Å². The van der Waals surface area contributed by atoms with Crippen LogP contribution in [0.2, 0.25) is 0 Å². The molecule has 3 heteroatoms. The maximum Gasteiger partial charge on any atom is 0.118 e. The molecular weight excluding hydrogens is 236 g/mol. The van der Waals surface area contributed by atoms with E-state index in [-0.39, 0.29) is 0 Å². The van der Waals surface area contributed by atoms with Crippen LogP contribution in [0.25, 0.3) is 0 Å². The standard InChI is InChI=1S/C16H26N2O/c1-19-16-7-5-14(6-8-16)9-12-17-13-10-15-4-2-3-11-18-15/h5-8,15,17-18H,2-4,9-13H2,1H3. The average molecular weight is 262 g/mol. The van der Waals surface area contributed by atoms with Gasteiger partial charge in [-0.05, 0) is 63.0 Å². The lowest BCUT2D eigenvalue weighted by Crippen LogP contribution is -2.36. The van der Waals surface area contributed by atoms with Crippen LogP contribution < -0.4 is 15.4 Å². The van der Waals surface area contributed by atoms with Crippen molar-refractivity contribution in [3.8, 4) is 5.75 Å². The van der Waals surface area contributed by atoms with Crippen molar-refractivity contribution in [3.05, 3.63) is 29.8 Å². The Labute approximate surface area is 116 Å². The Morgan fingerprint density at radius 2 is 2.05 bits per heavy atom. The van der Waals surface area contributed by atoms with Gasteiger partial charge in [0.1, 0.15) is 5.75 Å². The molecule has 0 aromatic heterocycles. The fourth-order valence-electron chi connectivity index (χ4n) is 2.60. The van der Waals surface area contributed by atoms with Gasteiger partial charge in [0, 0.05) is 6.04 Å². The van der Waals surface area contributed by atoms with Gasteiger partial charge in [0.05, 0.1) is 7.11 Å². The van der Waals surface area contributed by atoms with Crippen LogP contribution in [0.3, 0.4) is 0 Å². The van der Waals surface area contributed by atoms with Crippen LogP contribution in [0.5, 0.6) is 5.75 Å². The highest BCUT2D eigenvalue weighted by Crippen LogP contribution is 2.11. The maximum atomic E-state index is 5.16. The third kappa shape index (κ3) is 5.21. The third-order valence-electron chi connectivity index (χ3n) is 3.83. The van der Waals surface area contributed by atoms with Crippen LogP contribution in [0.15, 0.2) is 24.3 Å². The van der Waals surface area contributed by atoms with Crippen molar-refractivity contribution in [3.63, 3.8) is 0 Å². The fraction of sp³-hybridized carbons (Fsp3) is 0.625. The third-order valence-corrected chi connectivity index (χ3v) is 3.83. The van der Waals surface area contributed by atoms with Gasteiger partial charge in [-0.3, -0.25) is 0 Å². The first-order valence-corrected chi connectivity index (χ1v) is 7.45. The summed E-state index contributed by atoms with van der Waals surface area (Å²) in [6.07, 6.45) is 6.43. The zero-order valence-corrected chi connectivity index (χ0v) is 12.0. The fourth-order valence-corrected chi connectivity index (χ4v) is 2.60. The van der Waals surface area contributed by atoms with Crippen LogP contribution in [0, 0.1) is 0 Å². The first kappa shape index (κ1) is 14.4. The van der Waals surface area contributed by atoms with E-state index in [1.807, 2.05) is 12.1 Å². The van der Waals surface area contributed by atoms with Crippen molar-refractivity contribution >= 4 is 0 Å². The Morgan fingerprint density at radius 1 is 1.21 bits per heavy atom. The van der Waals surface area contributed by atoms with Crippen LogP contribution in [-0.4, -0.2) is 32.8 Å².